The average Bonchev–Trinajstić information content (AvgIpc) is 2.78. The van der Waals surface area contributed by atoms with E-state index in [0.29, 0.717) is 5.92 Å². The predicted molar refractivity (Wildman–Crippen MR) is 68.2 cm³/mol. The van der Waals surface area contributed by atoms with Crippen LogP contribution < -0.4 is 10.5 Å². The highest BCUT2D eigenvalue weighted by Crippen LogP contribution is 2.30. The Hall–Kier alpha value is -1.06. The van der Waals surface area contributed by atoms with Gasteiger partial charge < -0.3 is 15.2 Å². The smallest absolute Gasteiger partial charge is 0.123 e. The van der Waals surface area contributed by atoms with Crippen LogP contribution in [0.2, 0.25) is 0 Å². The number of para-hydroxylation sites is 1. The molecule has 0 amide bonds. The molecule has 3 heteroatoms. The van der Waals surface area contributed by atoms with Gasteiger partial charge in [0.15, 0.2) is 0 Å². The monoisotopic (exact) mass is 235 g/mol. The average molecular weight is 235 g/mol. The van der Waals surface area contributed by atoms with E-state index >= 15 is 0 Å². The van der Waals surface area contributed by atoms with E-state index in [9.17, 15) is 0 Å². The maximum Gasteiger partial charge on any atom is 0.123 e. The summed E-state index contributed by atoms with van der Waals surface area (Å²) in [7, 11) is 1.72. The third-order valence-corrected chi connectivity index (χ3v) is 3.54. The quantitative estimate of drug-likeness (QED) is 0.849. The minimum absolute atomic E-state index is 0.0672. The molecular weight excluding hydrogens is 214 g/mol. The number of nitrogens with two attached hydrogens (primary N) is 1. The maximum atomic E-state index is 6.26. The SMILES string of the molecule is COCCC(C)C(N)C1Cc2ccccc2O1. The maximum absolute atomic E-state index is 6.26. The fourth-order valence-electron chi connectivity index (χ4n) is 2.29. The molecule has 3 nitrogen and oxygen atoms in total. The first-order valence-corrected chi connectivity index (χ1v) is 6.21. The highest BCUT2D eigenvalue weighted by Gasteiger charge is 2.30. The summed E-state index contributed by atoms with van der Waals surface area (Å²) in [4.78, 5) is 0. The topological polar surface area (TPSA) is 44.5 Å². The number of hydrogen-bond acceptors (Lipinski definition) is 3. The molecule has 0 fully saturated rings. The second-order valence-electron chi connectivity index (χ2n) is 4.80. The van der Waals surface area contributed by atoms with Crippen molar-refractivity contribution in [3.63, 3.8) is 0 Å². The lowest BCUT2D eigenvalue weighted by atomic mass is 9.92. The molecule has 1 aromatic rings. The van der Waals surface area contributed by atoms with Crippen molar-refractivity contribution in [1.82, 2.24) is 0 Å². The van der Waals surface area contributed by atoms with E-state index in [4.69, 9.17) is 15.2 Å². The fraction of sp³-hybridized carbons (Fsp3) is 0.571. The minimum atomic E-state index is 0.0672. The molecule has 3 atom stereocenters. The van der Waals surface area contributed by atoms with Crippen molar-refractivity contribution in [1.29, 1.82) is 0 Å². The molecule has 0 saturated heterocycles. The summed E-state index contributed by atoms with van der Waals surface area (Å²) >= 11 is 0. The molecule has 0 radical (unpaired) electrons. The molecule has 0 spiro atoms. The number of fused-ring (bicyclic) bond motifs is 1. The highest BCUT2D eigenvalue weighted by molar-refractivity contribution is 5.37. The Morgan fingerprint density at radius 1 is 1.47 bits per heavy atom. The van der Waals surface area contributed by atoms with E-state index in [0.717, 1.165) is 25.2 Å². The molecule has 94 valence electrons. The summed E-state index contributed by atoms with van der Waals surface area (Å²) in [6.07, 6.45) is 2.02. The van der Waals surface area contributed by atoms with Gasteiger partial charge in [-0.2, -0.15) is 0 Å². The number of methoxy groups -OCH3 is 1. The van der Waals surface area contributed by atoms with Gasteiger partial charge in [0.05, 0.1) is 0 Å². The molecule has 3 unspecified atom stereocenters. The molecule has 1 aliphatic rings. The Kier molecular flexibility index (Phi) is 4.02. The Bertz CT molecular complexity index is 342. The Morgan fingerprint density at radius 2 is 2.24 bits per heavy atom. The van der Waals surface area contributed by atoms with Crippen molar-refractivity contribution in [2.24, 2.45) is 11.7 Å². The van der Waals surface area contributed by atoms with Crippen LogP contribution in [0.25, 0.3) is 0 Å². The summed E-state index contributed by atoms with van der Waals surface area (Å²) in [5, 5.41) is 0. The third kappa shape index (κ3) is 2.79. The Balaban J connectivity index is 1.93. The lowest BCUT2D eigenvalue weighted by molar-refractivity contribution is 0.135. The normalized spacial score (nSPS) is 21.7. The molecular formula is C14H21NO2. The second-order valence-corrected chi connectivity index (χ2v) is 4.80. The first kappa shape index (κ1) is 12.4. The molecule has 1 heterocycles. The van der Waals surface area contributed by atoms with Gasteiger partial charge in [-0.15, -0.1) is 0 Å². The highest BCUT2D eigenvalue weighted by atomic mass is 16.5. The zero-order valence-corrected chi connectivity index (χ0v) is 10.6. The summed E-state index contributed by atoms with van der Waals surface area (Å²) < 4.78 is 11.0. The van der Waals surface area contributed by atoms with Crippen molar-refractivity contribution < 1.29 is 9.47 Å². The van der Waals surface area contributed by atoms with Crippen LogP contribution in [-0.2, 0) is 11.2 Å². The Labute approximate surface area is 103 Å². The minimum Gasteiger partial charge on any atom is -0.488 e. The van der Waals surface area contributed by atoms with Crippen LogP contribution >= 0.6 is 0 Å². The van der Waals surface area contributed by atoms with Crippen molar-refractivity contribution in [2.75, 3.05) is 13.7 Å². The van der Waals surface area contributed by atoms with Crippen LogP contribution in [0.15, 0.2) is 24.3 Å². The lowest BCUT2D eigenvalue weighted by Crippen LogP contribution is -2.43. The van der Waals surface area contributed by atoms with Crippen LogP contribution in [0, 0.1) is 5.92 Å². The summed E-state index contributed by atoms with van der Waals surface area (Å²) in [5.74, 6) is 1.40. The van der Waals surface area contributed by atoms with Gasteiger partial charge >= 0.3 is 0 Å². The molecule has 2 N–H and O–H groups in total. The third-order valence-electron chi connectivity index (χ3n) is 3.54. The molecule has 0 bridgehead atoms. The zero-order valence-electron chi connectivity index (χ0n) is 10.6. The fourth-order valence-corrected chi connectivity index (χ4v) is 2.29. The van der Waals surface area contributed by atoms with Crippen molar-refractivity contribution in [3.05, 3.63) is 29.8 Å². The molecule has 1 aromatic carbocycles. The van der Waals surface area contributed by atoms with Gasteiger partial charge in [0.2, 0.25) is 0 Å². The number of benzene rings is 1. The number of rotatable bonds is 5. The van der Waals surface area contributed by atoms with Gasteiger partial charge in [-0.25, -0.2) is 0 Å². The van der Waals surface area contributed by atoms with E-state index in [1.807, 2.05) is 18.2 Å². The van der Waals surface area contributed by atoms with Crippen LogP contribution in [0.4, 0.5) is 0 Å². The standard InChI is InChI=1S/C14H21NO2/c1-10(7-8-16-2)14(15)13-9-11-5-3-4-6-12(11)17-13/h3-6,10,13-14H,7-9,15H2,1-2H3. The van der Waals surface area contributed by atoms with Crippen molar-refractivity contribution in [2.45, 2.75) is 31.9 Å². The van der Waals surface area contributed by atoms with Gasteiger partial charge in [0.25, 0.3) is 0 Å². The van der Waals surface area contributed by atoms with E-state index in [1.54, 1.807) is 7.11 Å². The summed E-state index contributed by atoms with van der Waals surface area (Å²) in [6, 6.07) is 8.24. The summed E-state index contributed by atoms with van der Waals surface area (Å²) in [5.41, 5.74) is 7.53. The van der Waals surface area contributed by atoms with E-state index in [2.05, 4.69) is 13.0 Å². The number of ether oxygens (including phenoxy) is 2. The molecule has 0 aliphatic carbocycles. The molecule has 0 saturated carbocycles. The van der Waals surface area contributed by atoms with Gasteiger partial charge in [-0.1, -0.05) is 25.1 Å². The Morgan fingerprint density at radius 3 is 2.94 bits per heavy atom. The molecule has 0 aromatic heterocycles. The van der Waals surface area contributed by atoms with E-state index < -0.39 is 0 Å². The van der Waals surface area contributed by atoms with Crippen LogP contribution in [-0.4, -0.2) is 25.9 Å². The zero-order chi connectivity index (χ0) is 12.3. The number of hydrogen-bond donors (Lipinski definition) is 1. The van der Waals surface area contributed by atoms with Gasteiger partial charge in [0, 0.05) is 26.2 Å². The van der Waals surface area contributed by atoms with Gasteiger partial charge in [0.1, 0.15) is 11.9 Å². The second kappa shape index (κ2) is 5.52. The molecule has 1 aliphatic heterocycles. The van der Waals surface area contributed by atoms with Crippen LogP contribution in [0.1, 0.15) is 18.9 Å². The lowest BCUT2D eigenvalue weighted by Gasteiger charge is -2.25. The predicted octanol–water partition coefficient (Wildman–Crippen LogP) is 1.99. The molecule has 17 heavy (non-hydrogen) atoms. The largest absolute Gasteiger partial charge is 0.488 e. The van der Waals surface area contributed by atoms with Gasteiger partial charge in [-0.3, -0.25) is 0 Å². The first-order chi connectivity index (χ1) is 8.22. The molecule has 2 rings (SSSR count). The van der Waals surface area contributed by atoms with Crippen molar-refractivity contribution in [3.8, 4) is 5.75 Å². The van der Waals surface area contributed by atoms with E-state index in [-0.39, 0.29) is 12.1 Å². The van der Waals surface area contributed by atoms with Crippen LogP contribution in [0.5, 0.6) is 5.75 Å². The van der Waals surface area contributed by atoms with Crippen molar-refractivity contribution >= 4 is 0 Å². The van der Waals surface area contributed by atoms with Gasteiger partial charge in [-0.05, 0) is 24.0 Å². The summed E-state index contributed by atoms with van der Waals surface area (Å²) in [6.45, 7) is 2.92. The van der Waals surface area contributed by atoms with E-state index in [1.165, 1.54) is 5.56 Å². The first-order valence-electron chi connectivity index (χ1n) is 6.21. The van der Waals surface area contributed by atoms with Crippen LogP contribution in [0.3, 0.4) is 0 Å².